The number of allylic oxidation sites excluding steroid dienone is 4. The average Bonchev–Trinajstić information content (AvgIpc) is 2.24. The standard InChI is InChI=1S/C6H10I2NP.2C2H6/c1-3-5(7)6(10-8)4(2)9;2*1-2/h3,10H,9H2,1-2H3;2*1-2H3/b5-3-,6-4+;;. The molecule has 1 nitrogen and oxygen atoms in total. The molecule has 0 aliphatic carbocycles. The summed E-state index contributed by atoms with van der Waals surface area (Å²) in [6.45, 7) is 12.0. The van der Waals surface area contributed by atoms with Crippen LogP contribution in [0.25, 0.3) is 0 Å². The van der Waals surface area contributed by atoms with E-state index in [-0.39, 0.29) is 0 Å². The molecule has 0 aromatic carbocycles. The lowest BCUT2D eigenvalue weighted by Crippen LogP contribution is -1.93. The van der Waals surface area contributed by atoms with Crippen LogP contribution in [0.4, 0.5) is 0 Å². The van der Waals surface area contributed by atoms with Crippen molar-refractivity contribution in [2.24, 2.45) is 5.73 Å². The van der Waals surface area contributed by atoms with Crippen LogP contribution in [0.5, 0.6) is 0 Å². The molecule has 0 radical (unpaired) electrons. The third-order valence-electron chi connectivity index (χ3n) is 0.981. The Hall–Kier alpha value is 1.17. The predicted molar refractivity (Wildman–Crippen MR) is 89.7 cm³/mol. The highest BCUT2D eigenvalue weighted by atomic mass is 127. The van der Waals surface area contributed by atoms with Gasteiger partial charge in [0, 0.05) is 14.6 Å². The molecule has 0 spiro atoms. The first-order valence-corrected chi connectivity index (χ1v) is 9.98. The first-order valence-electron chi connectivity index (χ1n) is 4.78. The van der Waals surface area contributed by atoms with Gasteiger partial charge in [-0.15, -0.1) is 0 Å². The van der Waals surface area contributed by atoms with Crippen molar-refractivity contribution in [2.75, 3.05) is 0 Å². The molecule has 0 saturated carbocycles. The fourth-order valence-corrected chi connectivity index (χ4v) is 5.36. The van der Waals surface area contributed by atoms with Gasteiger partial charge in [0.2, 0.25) is 0 Å². The molecule has 2 N–H and O–H groups in total. The van der Waals surface area contributed by atoms with Crippen molar-refractivity contribution in [2.45, 2.75) is 41.5 Å². The lowest BCUT2D eigenvalue weighted by molar-refractivity contribution is 1.30. The maximum atomic E-state index is 5.66. The van der Waals surface area contributed by atoms with Crippen molar-refractivity contribution in [1.82, 2.24) is 0 Å². The first kappa shape index (κ1) is 20.6. The predicted octanol–water partition coefficient (Wildman–Crippen LogP) is 5.60. The molecule has 0 aliphatic rings. The summed E-state index contributed by atoms with van der Waals surface area (Å²) in [4.78, 5) is 0. The summed E-state index contributed by atoms with van der Waals surface area (Å²) in [5.74, 6) is 0. The van der Waals surface area contributed by atoms with Crippen LogP contribution in [-0.2, 0) is 0 Å². The van der Waals surface area contributed by atoms with Crippen LogP contribution in [0.2, 0.25) is 0 Å². The van der Waals surface area contributed by atoms with E-state index in [0.29, 0.717) is 0 Å². The molecule has 86 valence electrons. The fourth-order valence-electron chi connectivity index (χ4n) is 0.452. The molecule has 4 heteroatoms. The molecule has 0 saturated heterocycles. The summed E-state index contributed by atoms with van der Waals surface area (Å²) in [5.41, 5.74) is 6.60. The lowest BCUT2D eigenvalue weighted by atomic mass is 10.4. The summed E-state index contributed by atoms with van der Waals surface area (Å²) in [5, 5.41) is 1.28. The van der Waals surface area contributed by atoms with Gasteiger partial charge in [-0.25, -0.2) is 0 Å². The van der Waals surface area contributed by atoms with Gasteiger partial charge in [0.15, 0.2) is 0 Å². The minimum absolute atomic E-state index is 0.765. The number of hydrogen-bond donors (Lipinski definition) is 1. The quantitative estimate of drug-likeness (QED) is 0.337. The second-order valence-corrected chi connectivity index (χ2v) is 5.26. The summed E-state index contributed by atoms with van der Waals surface area (Å²) in [7, 11) is 0. The van der Waals surface area contributed by atoms with Gasteiger partial charge in [-0.1, -0.05) is 55.8 Å². The first-order chi connectivity index (χ1) is 6.63. The van der Waals surface area contributed by atoms with Gasteiger partial charge in [-0.3, -0.25) is 0 Å². The number of halogens is 2. The van der Waals surface area contributed by atoms with Crippen molar-refractivity contribution >= 4 is 50.9 Å². The third kappa shape index (κ3) is 11.2. The summed E-state index contributed by atoms with van der Waals surface area (Å²) in [6, 6.07) is 0. The van der Waals surface area contributed by atoms with Crippen molar-refractivity contribution in [3.05, 3.63) is 20.7 Å². The van der Waals surface area contributed by atoms with E-state index in [4.69, 9.17) is 5.73 Å². The molecule has 0 aliphatic heterocycles. The number of rotatable bonds is 2. The van der Waals surface area contributed by atoms with Crippen LogP contribution in [0.15, 0.2) is 20.7 Å². The van der Waals surface area contributed by atoms with Crippen molar-refractivity contribution in [1.29, 1.82) is 0 Å². The number of hydrogen-bond acceptors (Lipinski definition) is 1. The van der Waals surface area contributed by atoms with Crippen molar-refractivity contribution in [3.63, 3.8) is 0 Å². The SMILES string of the molecule is C/C=C(I)/C(PI)=C(/C)N.CC.CC. The Morgan fingerprint density at radius 1 is 1.21 bits per heavy atom. The zero-order valence-corrected chi connectivity index (χ0v) is 15.2. The van der Waals surface area contributed by atoms with E-state index in [1.165, 1.54) is 8.89 Å². The fraction of sp³-hybridized carbons (Fsp3) is 0.600. The largest absolute Gasteiger partial charge is 0.402 e. The van der Waals surface area contributed by atoms with Gasteiger partial charge < -0.3 is 5.73 Å². The molecule has 0 aromatic rings. The van der Waals surface area contributed by atoms with Crippen molar-refractivity contribution in [3.8, 4) is 0 Å². The Labute approximate surface area is 118 Å². The van der Waals surface area contributed by atoms with Gasteiger partial charge in [0.1, 0.15) is 0 Å². The topological polar surface area (TPSA) is 26.0 Å². The van der Waals surface area contributed by atoms with E-state index in [1.807, 2.05) is 41.5 Å². The van der Waals surface area contributed by atoms with Crippen LogP contribution in [-0.4, -0.2) is 0 Å². The molecule has 0 bridgehead atoms. The maximum Gasteiger partial charge on any atom is 0.0186 e. The molecule has 1 atom stereocenters. The average molecular weight is 441 g/mol. The van der Waals surface area contributed by atoms with E-state index in [0.717, 1.165) is 11.9 Å². The maximum absolute atomic E-state index is 5.66. The second-order valence-electron chi connectivity index (χ2n) is 1.79. The van der Waals surface area contributed by atoms with E-state index in [9.17, 15) is 0 Å². The highest BCUT2D eigenvalue weighted by molar-refractivity contribution is 14.2. The van der Waals surface area contributed by atoms with Crippen LogP contribution in [0.3, 0.4) is 0 Å². The summed E-state index contributed by atoms with van der Waals surface area (Å²) < 4.78 is 1.27. The molecular formula is C10H22I2NP. The van der Waals surface area contributed by atoms with Crippen molar-refractivity contribution < 1.29 is 0 Å². The highest BCUT2D eigenvalue weighted by Gasteiger charge is 2.00. The monoisotopic (exact) mass is 441 g/mol. The van der Waals surface area contributed by atoms with Crippen LogP contribution in [0.1, 0.15) is 41.5 Å². The van der Waals surface area contributed by atoms with E-state index < -0.39 is 0 Å². The molecule has 14 heavy (non-hydrogen) atoms. The molecule has 0 heterocycles. The Balaban J connectivity index is -0.000000266. The molecule has 0 amide bonds. The van der Waals surface area contributed by atoms with Gasteiger partial charge in [0.05, 0.1) is 0 Å². The second kappa shape index (κ2) is 16.6. The van der Waals surface area contributed by atoms with E-state index in [2.05, 4.69) is 50.7 Å². The van der Waals surface area contributed by atoms with E-state index >= 15 is 0 Å². The van der Waals surface area contributed by atoms with Crippen LogP contribution < -0.4 is 5.73 Å². The molecule has 0 fully saturated rings. The smallest absolute Gasteiger partial charge is 0.0186 e. The lowest BCUT2D eigenvalue weighted by Gasteiger charge is -2.03. The normalized spacial score (nSPS) is 12.4. The zero-order chi connectivity index (χ0) is 12.1. The molecule has 0 aromatic heterocycles. The minimum Gasteiger partial charge on any atom is -0.402 e. The Kier molecular flexibility index (Phi) is 24.4. The minimum atomic E-state index is 0.765. The molecular weight excluding hydrogens is 419 g/mol. The van der Waals surface area contributed by atoms with Gasteiger partial charge >= 0.3 is 0 Å². The highest BCUT2D eigenvalue weighted by Crippen LogP contribution is 2.40. The summed E-state index contributed by atoms with van der Waals surface area (Å²) in [6.07, 6.45) is 2.85. The molecule has 1 unspecified atom stereocenters. The van der Waals surface area contributed by atoms with Crippen LogP contribution >= 0.6 is 50.9 Å². The van der Waals surface area contributed by atoms with Gasteiger partial charge in [0.25, 0.3) is 0 Å². The summed E-state index contributed by atoms with van der Waals surface area (Å²) >= 11 is 4.66. The van der Waals surface area contributed by atoms with Gasteiger partial charge in [-0.05, 0) is 42.7 Å². The molecule has 0 rings (SSSR count). The third-order valence-corrected chi connectivity index (χ3v) is 5.12. The Morgan fingerprint density at radius 3 is 1.64 bits per heavy atom. The Morgan fingerprint density at radius 2 is 1.57 bits per heavy atom. The van der Waals surface area contributed by atoms with Crippen LogP contribution in [0, 0.1) is 0 Å². The number of nitrogens with two attached hydrogens (primary N) is 1. The van der Waals surface area contributed by atoms with E-state index in [1.54, 1.807) is 0 Å². The van der Waals surface area contributed by atoms with Gasteiger partial charge in [-0.2, -0.15) is 0 Å². The Bertz CT molecular complexity index is 167. The zero-order valence-electron chi connectivity index (χ0n) is 9.91.